The molecule has 0 bridgehead atoms. The fourth-order valence-corrected chi connectivity index (χ4v) is 5.08. The molecule has 0 aromatic heterocycles. The lowest BCUT2D eigenvalue weighted by atomic mass is 9.95. The predicted molar refractivity (Wildman–Crippen MR) is 133 cm³/mol. The Morgan fingerprint density at radius 3 is 1.92 bits per heavy atom. The van der Waals surface area contributed by atoms with Gasteiger partial charge in [-0.15, -0.1) is 0 Å². The van der Waals surface area contributed by atoms with Crippen molar-refractivity contribution in [3.8, 4) is 22.6 Å². The first-order valence-corrected chi connectivity index (χ1v) is 13.0. The molecule has 0 N–H and O–H groups in total. The van der Waals surface area contributed by atoms with E-state index in [2.05, 4.69) is 11.7 Å². The first kappa shape index (κ1) is 28.8. The van der Waals surface area contributed by atoms with Crippen LogP contribution in [0.2, 0.25) is 0 Å². The van der Waals surface area contributed by atoms with E-state index in [-0.39, 0.29) is 17.7 Å². The fraction of sp³-hybridized carbons (Fsp3) is 0.400. The van der Waals surface area contributed by atoms with E-state index >= 15 is 0 Å². The molecule has 0 radical (unpaired) electrons. The number of benzene rings is 3. The Morgan fingerprint density at radius 2 is 1.31 bits per heavy atom. The molecule has 4 rings (SSSR count). The van der Waals surface area contributed by atoms with Gasteiger partial charge in [0, 0.05) is 12.1 Å². The van der Waals surface area contributed by atoms with Crippen LogP contribution >= 0.6 is 0 Å². The van der Waals surface area contributed by atoms with Crippen LogP contribution in [-0.2, 0) is 6.11 Å². The van der Waals surface area contributed by atoms with Gasteiger partial charge in [-0.3, -0.25) is 0 Å². The summed E-state index contributed by atoms with van der Waals surface area (Å²) in [6, 6.07) is 8.12. The SMILES string of the molecule is CCCC1CCCC(COc2ccc(-c3cc(F)c(C(F)(F)Oc4cc(F)c(F)c(F)c4)c(F)c3)cc2)CC1. The van der Waals surface area contributed by atoms with Crippen molar-refractivity contribution in [2.24, 2.45) is 11.8 Å². The van der Waals surface area contributed by atoms with Crippen molar-refractivity contribution in [1.29, 1.82) is 0 Å². The largest absolute Gasteiger partial charge is 0.493 e. The summed E-state index contributed by atoms with van der Waals surface area (Å²) in [6.45, 7) is 2.78. The lowest BCUT2D eigenvalue weighted by Crippen LogP contribution is -2.25. The zero-order valence-electron chi connectivity index (χ0n) is 21.4. The highest BCUT2D eigenvalue weighted by molar-refractivity contribution is 5.65. The van der Waals surface area contributed by atoms with Gasteiger partial charge in [-0.05, 0) is 60.1 Å². The molecular weight excluding hydrogens is 525 g/mol. The predicted octanol–water partition coefficient (Wildman–Crippen LogP) is 9.55. The van der Waals surface area contributed by atoms with Gasteiger partial charge in [0.1, 0.15) is 28.7 Å². The Balaban J connectivity index is 1.43. The van der Waals surface area contributed by atoms with Gasteiger partial charge in [-0.1, -0.05) is 51.2 Å². The summed E-state index contributed by atoms with van der Waals surface area (Å²) in [6.07, 6.45) is 3.69. The molecular formula is C30H29F7O2. The lowest BCUT2D eigenvalue weighted by Gasteiger charge is -2.20. The van der Waals surface area contributed by atoms with Crippen LogP contribution in [0.1, 0.15) is 57.4 Å². The van der Waals surface area contributed by atoms with Gasteiger partial charge in [-0.25, -0.2) is 22.0 Å². The van der Waals surface area contributed by atoms with Crippen LogP contribution < -0.4 is 9.47 Å². The summed E-state index contributed by atoms with van der Waals surface area (Å²) in [5.41, 5.74) is -1.41. The standard InChI is InChI=1S/C30H29F7O2/c1-2-4-18-5-3-6-19(8-7-18)17-38-22-11-9-20(10-12-22)21-13-24(31)28(25(32)14-21)30(36,37)39-23-15-26(33)29(35)27(34)16-23/h9-16,18-19H,2-8,17H2,1H3. The van der Waals surface area contributed by atoms with Gasteiger partial charge in [0.05, 0.1) is 6.61 Å². The first-order chi connectivity index (χ1) is 18.6. The van der Waals surface area contributed by atoms with E-state index in [0.717, 1.165) is 18.8 Å². The number of ether oxygens (including phenoxy) is 2. The van der Waals surface area contributed by atoms with Crippen molar-refractivity contribution >= 4 is 0 Å². The van der Waals surface area contributed by atoms with Gasteiger partial charge >= 0.3 is 6.11 Å². The van der Waals surface area contributed by atoms with E-state index in [4.69, 9.17) is 4.74 Å². The second-order valence-electron chi connectivity index (χ2n) is 10.00. The minimum Gasteiger partial charge on any atom is -0.493 e. The summed E-state index contributed by atoms with van der Waals surface area (Å²) < 4.78 is 108. The molecule has 1 saturated carbocycles. The fourth-order valence-electron chi connectivity index (χ4n) is 5.08. The maximum Gasteiger partial charge on any atom is 0.432 e. The molecule has 2 nitrogen and oxygen atoms in total. The van der Waals surface area contributed by atoms with Crippen molar-refractivity contribution in [3.63, 3.8) is 0 Å². The highest BCUT2D eigenvalue weighted by atomic mass is 19.3. The summed E-state index contributed by atoms with van der Waals surface area (Å²) in [4.78, 5) is 0. The quantitative estimate of drug-likeness (QED) is 0.149. The smallest absolute Gasteiger partial charge is 0.432 e. The second kappa shape index (κ2) is 12.3. The molecule has 3 aromatic carbocycles. The van der Waals surface area contributed by atoms with Crippen molar-refractivity contribution in [2.45, 2.75) is 58.0 Å². The topological polar surface area (TPSA) is 18.5 Å². The van der Waals surface area contributed by atoms with Crippen LogP contribution in [0.5, 0.6) is 11.5 Å². The Bertz CT molecular complexity index is 1230. The minimum absolute atomic E-state index is 0.0132. The molecule has 9 heteroatoms. The van der Waals surface area contributed by atoms with Gasteiger partial charge < -0.3 is 9.47 Å². The molecule has 0 amide bonds. The molecule has 0 heterocycles. The van der Waals surface area contributed by atoms with E-state index in [0.29, 0.717) is 36.0 Å². The van der Waals surface area contributed by atoms with Crippen molar-refractivity contribution < 1.29 is 40.2 Å². The number of halogens is 7. The van der Waals surface area contributed by atoms with E-state index in [1.54, 1.807) is 24.3 Å². The Labute approximate surface area is 222 Å². The summed E-state index contributed by atoms with van der Waals surface area (Å²) in [5.74, 6) is -8.04. The third-order valence-electron chi connectivity index (χ3n) is 7.11. The third-order valence-corrected chi connectivity index (χ3v) is 7.11. The van der Waals surface area contributed by atoms with Crippen LogP contribution in [0, 0.1) is 40.9 Å². The third kappa shape index (κ3) is 7.05. The van der Waals surface area contributed by atoms with Gasteiger partial charge in [0.15, 0.2) is 17.5 Å². The lowest BCUT2D eigenvalue weighted by molar-refractivity contribution is -0.189. The normalized spacial score (nSPS) is 18.1. The van der Waals surface area contributed by atoms with E-state index in [9.17, 15) is 30.7 Å². The van der Waals surface area contributed by atoms with Crippen LogP contribution in [-0.4, -0.2) is 6.61 Å². The Hall–Kier alpha value is -3.23. The maximum atomic E-state index is 14.7. The van der Waals surface area contributed by atoms with Gasteiger partial charge in [-0.2, -0.15) is 8.78 Å². The number of rotatable bonds is 9. The average molecular weight is 555 g/mol. The van der Waals surface area contributed by atoms with Crippen molar-refractivity contribution in [3.05, 3.63) is 83.2 Å². The monoisotopic (exact) mass is 554 g/mol. The zero-order chi connectivity index (χ0) is 28.2. The number of hydrogen-bond donors (Lipinski definition) is 0. The maximum absolute atomic E-state index is 14.7. The summed E-state index contributed by atoms with van der Waals surface area (Å²) >= 11 is 0. The van der Waals surface area contributed by atoms with Crippen LogP contribution in [0.25, 0.3) is 11.1 Å². The number of hydrogen-bond acceptors (Lipinski definition) is 2. The van der Waals surface area contributed by atoms with Crippen molar-refractivity contribution in [2.75, 3.05) is 6.61 Å². The zero-order valence-corrected chi connectivity index (χ0v) is 21.4. The second-order valence-corrected chi connectivity index (χ2v) is 10.00. The molecule has 0 spiro atoms. The molecule has 1 aliphatic carbocycles. The van der Waals surface area contributed by atoms with E-state index < -0.39 is 46.5 Å². The molecule has 210 valence electrons. The molecule has 39 heavy (non-hydrogen) atoms. The molecule has 2 atom stereocenters. The van der Waals surface area contributed by atoms with Gasteiger partial charge in [0.2, 0.25) is 0 Å². The highest BCUT2D eigenvalue weighted by Gasteiger charge is 2.41. The molecule has 2 unspecified atom stereocenters. The number of alkyl halides is 2. The molecule has 1 fully saturated rings. The average Bonchev–Trinajstić information content (AvgIpc) is 3.10. The summed E-state index contributed by atoms with van der Waals surface area (Å²) in [7, 11) is 0. The highest BCUT2D eigenvalue weighted by Crippen LogP contribution is 2.38. The van der Waals surface area contributed by atoms with Crippen LogP contribution in [0.15, 0.2) is 48.5 Å². The summed E-state index contributed by atoms with van der Waals surface area (Å²) in [5, 5.41) is 0. The Morgan fingerprint density at radius 1 is 0.718 bits per heavy atom. The molecule has 1 aliphatic rings. The van der Waals surface area contributed by atoms with Crippen LogP contribution in [0.3, 0.4) is 0 Å². The molecule has 3 aromatic rings. The Kier molecular flexibility index (Phi) is 9.08. The minimum atomic E-state index is -4.64. The van der Waals surface area contributed by atoms with Crippen LogP contribution in [0.4, 0.5) is 30.7 Å². The van der Waals surface area contributed by atoms with Crippen molar-refractivity contribution in [1.82, 2.24) is 0 Å². The van der Waals surface area contributed by atoms with E-state index in [1.165, 1.54) is 32.1 Å². The molecule has 0 aliphatic heterocycles. The first-order valence-electron chi connectivity index (χ1n) is 13.0. The van der Waals surface area contributed by atoms with Gasteiger partial charge in [0.25, 0.3) is 0 Å². The molecule has 0 saturated heterocycles. The van der Waals surface area contributed by atoms with E-state index in [1.807, 2.05) is 0 Å².